The molecule has 3 N–H and O–H groups in total. The lowest BCUT2D eigenvalue weighted by atomic mass is 10.2. The highest BCUT2D eigenvalue weighted by atomic mass is 35.5. The van der Waals surface area contributed by atoms with Crippen LogP contribution in [-0.4, -0.2) is 4.98 Å². The summed E-state index contributed by atoms with van der Waals surface area (Å²) >= 11 is 7.08. The number of fused-ring (bicyclic) bond motifs is 1. The Bertz CT molecular complexity index is 502. The van der Waals surface area contributed by atoms with Crippen molar-refractivity contribution in [2.45, 2.75) is 6.54 Å². The number of hydrogen-bond donors (Lipinski definition) is 2. The quantitative estimate of drug-likeness (QED) is 0.759. The van der Waals surface area contributed by atoms with Crippen LogP contribution >= 0.6 is 22.9 Å². The Hall–Kier alpha value is -0.840. The summed E-state index contributed by atoms with van der Waals surface area (Å²) < 4.78 is 1.26. The molecule has 0 spiro atoms. The van der Waals surface area contributed by atoms with Crippen LogP contribution in [0.4, 0.5) is 0 Å². The van der Waals surface area contributed by atoms with Crippen LogP contribution in [0.15, 0.2) is 17.1 Å². The molecule has 2 heterocycles. The van der Waals surface area contributed by atoms with Crippen molar-refractivity contribution in [1.82, 2.24) is 4.98 Å². The fourth-order valence-corrected chi connectivity index (χ4v) is 2.40. The molecule has 0 aromatic carbocycles. The van der Waals surface area contributed by atoms with Crippen LogP contribution in [-0.2, 0) is 6.54 Å². The first-order chi connectivity index (χ1) is 6.22. The number of rotatable bonds is 1. The average molecular weight is 215 g/mol. The first-order valence-electron chi connectivity index (χ1n) is 3.72. The molecular weight excluding hydrogens is 208 g/mol. The number of aromatic nitrogens is 1. The number of H-pyrrole nitrogens is 1. The first kappa shape index (κ1) is 8.74. The zero-order valence-corrected chi connectivity index (χ0v) is 8.21. The molecular formula is C8H7ClN2OS. The second kappa shape index (κ2) is 3.14. The lowest BCUT2D eigenvalue weighted by Gasteiger charge is -1.96. The van der Waals surface area contributed by atoms with Gasteiger partial charge in [-0.2, -0.15) is 0 Å². The van der Waals surface area contributed by atoms with Crippen molar-refractivity contribution in [2.24, 2.45) is 5.73 Å². The third-order valence-electron chi connectivity index (χ3n) is 1.85. The van der Waals surface area contributed by atoms with E-state index in [-0.39, 0.29) is 5.56 Å². The van der Waals surface area contributed by atoms with Crippen molar-refractivity contribution in [2.75, 3.05) is 0 Å². The van der Waals surface area contributed by atoms with Gasteiger partial charge >= 0.3 is 0 Å². The summed E-state index contributed by atoms with van der Waals surface area (Å²) in [5, 5.41) is 0.862. The van der Waals surface area contributed by atoms with Crippen LogP contribution in [0, 0.1) is 0 Å². The topological polar surface area (TPSA) is 58.9 Å². The third kappa shape index (κ3) is 1.37. The van der Waals surface area contributed by atoms with Gasteiger partial charge < -0.3 is 10.7 Å². The molecule has 2 rings (SSSR count). The van der Waals surface area contributed by atoms with Crippen LogP contribution in [0.3, 0.4) is 0 Å². The van der Waals surface area contributed by atoms with E-state index in [2.05, 4.69) is 4.98 Å². The standard InChI is InChI=1S/C8H7ClN2OS/c9-6-1-5-4(2-10)3-11-8(12)7(5)13-6/h1,3H,2,10H2,(H,11,12). The van der Waals surface area contributed by atoms with E-state index < -0.39 is 0 Å². The Morgan fingerprint density at radius 1 is 1.62 bits per heavy atom. The molecule has 68 valence electrons. The van der Waals surface area contributed by atoms with E-state index in [1.807, 2.05) is 0 Å². The van der Waals surface area contributed by atoms with E-state index in [1.54, 1.807) is 12.3 Å². The molecule has 0 amide bonds. The highest BCUT2D eigenvalue weighted by Gasteiger charge is 2.07. The third-order valence-corrected chi connectivity index (χ3v) is 3.11. The molecule has 0 aliphatic carbocycles. The predicted octanol–water partition coefficient (Wildman–Crippen LogP) is 1.70. The molecule has 2 aromatic heterocycles. The number of halogens is 1. The molecule has 5 heteroatoms. The van der Waals surface area contributed by atoms with Gasteiger partial charge in [-0.15, -0.1) is 11.3 Å². The second-order valence-electron chi connectivity index (χ2n) is 2.64. The average Bonchev–Trinajstić information content (AvgIpc) is 2.48. The molecule has 0 saturated carbocycles. The van der Waals surface area contributed by atoms with E-state index in [0.717, 1.165) is 10.9 Å². The first-order valence-corrected chi connectivity index (χ1v) is 4.91. The molecule has 2 aromatic rings. The van der Waals surface area contributed by atoms with Crippen LogP contribution in [0.25, 0.3) is 10.1 Å². The minimum absolute atomic E-state index is 0.107. The van der Waals surface area contributed by atoms with Gasteiger partial charge in [0.15, 0.2) is 0 Å². The van der Waals surface area contributed by atoms with E-state index >= 15 is 0 Å². The number of nitrogens with one attached hydrogen (secondary N) is 1. The lowest BCUT2D eigenvalue weighted by Crippen LogP contribution is -2.07. The maximum atomic E-state index is 11.3. The molecule has 0 aliphatic rings. The summed E-state index contributed by atoms with van der Waals surface area (Å²) in [7, 11) is 0. The van der Waals surface area contributed by atoms with E-state index in [1.165, 1.54) is 11.3 Å². The minimum atomic E-state index is -0.107. The monoisotopic (exact) mass is 214 g/mol. The van der Waals surface area contributed by atoms with Crippen LogP contribution in [0.1, 0.15) is 5.56 Å². The maximum Gasteiger partial charge on any atom is 0.265 e. The Balaban J connectivity index is 2.92. The Morgan fingerprint density at radius 2 is 2.38 bits per heavy atom. The van der Waals surface area contributed by atoms with Crippen molar-refractivity contribution >= 4 is 33.0 Å². The van der Waals surface area contributed by atoms with Gasteiger partial charge in [0.05, 0.1) is 4.34 Å². The molecule has 0 atom stereocenters. The number of aromatic amines is 1. The van der Waals surface area contributed by atoms with Crippen LogP contribution < -0.4 is 11.3 Å². The van der Waals surface area contributed by atoms with Gasteiger partial charge in [0.25, 0.3) is 5.56 Å². The summed E-state index contributed by atoms with van der Waals surface area (Å²) in [6.07, 6.45) is 1.63. The van der Waals surface area contributed by atoms with Gasteiger partial charge in [-0.05, 0) is 11.6 Å². The molecule has 0 radical (unpaired) electrons. The molecule has 13 heavy (non-hydrogen) atoms. The summed E-state index contributed by atoms with van der Waals surface area (Å²) in [5.74, 6) is 0. The molecule has 0 aliphatic heterocycles. The molecule has 3 nitrogen and oxygen atoms in total. The largest absolute Gasteiger partial charge is 0.328 e. The van der Waals surface area contributed by atoms with Gasteiger partial charge in [-0.1, -0.05) is 11.6 Å². The van der Waals surface area contributed by atoms with Crippen molar-refractivity contribution in [3.8, 4) is 0 Å². The Morgan fingerprint density at radius 3 is 3.08 bits per heavy atom. The van der Waals surface area contributed by atoms with Gasteiger partial charge in [0.2, 0.25) is 0 Å². The number of thiophene rings is 1. The summed E-state index contributed by atoms with van der Waals surface area (Å²) in [4.78, 5) is 13.9. The molecule has 0 saturated heterocycles. The van der Waals surface area contributed by atoms with Gasteiger partial charge in [0, 0.05) is 18.1 Å². The highest BCUT2D eigenvalue weighted by molar-refractivity contribution is 7.22. The van der Waals surface area contributed by atoms with Gasteiger partial charge in [-0.3, -0.25) is 4.79 Å². The molecule has 0 fully saturated rings. The maximum absolute atomic E-state index is 11.3. The van der Waals surface area contributed by atoms with E-state index in [4.69, 9.17) is 17.3 Å². The van der Waals surface area contributed by atoms with Crippen molar-refractivity contribution < 1.29 is 0 Å². The number of hydrogen-bond acceptors (Lipinski definition) is 3. The smallest absolute Gasteiger partial charge is 0.265 e. The number of pyridine rings is 1. The summed E-state index contributed by atoms with van der Waals surface area (Å²) in [6.45, 7) is 0.403. The zero-order valence-electron chi connectivity index (χ0n) is 6.63. The predicted molar refractivity (Wildman–Crippen MR) is 55.3 cm³/mol. The summed E-state index contributed by atoms with van der Waals surface area (Å²) in [5.41, 5.74) is 6.32. The van der Waals surface area contributed by atoms with Gasteiger partial charge in [-0.25, -0.2) is 0 Å². The fraction of sp³-hybridized carbons (Fsp3) is 0.125. The van der Waals surface area contributed by atoms with Crippen LogP contribution in [0.2, 0.25) is 4.34 Å². The number of nitrogens with two attached hydrogens (primary N) is 1. The zero-order chi connectivity index (χ0) is 9.42. The van der Waals surface area contributed by atoms with Crippen molar-refractivity contribution in [1.29, 1.82) is 0 Å². The van der Waals surface area contributed by atoms with E-state index in [9.17, 15) is 4.79 Å². The lowest BCUT2D eigenvalue weighted by molar-refractivity contribution is 1.06. The summed E-state index contributed by atoms with van der Waals surface area (Å²) in [6, 6.07) is 1.78. The Kier molecular flexibility index (Phi) is 2.11. The van der Waals surface area contributed by atoms with E-state index in [0.29, 0.717) is 15.6 Å². The molecule has 0 unspecified atom stereocenters. The van der Waals surface area contributed by atoms with Crippen molar-refractivity contribution in [3.63, 3.8) is 0 Å². The minimum Gasteiger partial charge on any atom is -0.328 e. The fourth-order valence-electron chi connectivity index (χ4n) is 1.23. The van der Waals surface area contributed by atoms with Crippen LogP contribution in [0.5, 0.6) is 0 Å². The SMILES string of the molecule is NCc1c[nH]c(=O)c2sc(Cl)cc12. The Labute approximate surface area is 83.1 Å². The van der Waals surface area contributed by atoms with Crippen molar-refractivity contribution in [3.05, 3.63) is 32.5 Å². The normalized spacial score (nSPS) is 10.9. The highest BCUT2D eigenvalue weighted by Crippen LogP contribution is 2.28. The van der Waals surface area contributed by atoms with Gasteiger partial charge in [0.1, 0.15) is 4.70 Å². The second-order valence-corrected chi connectivity index (χ2v) is 4.32. The molecule has 0 bridgehead atoms.